The molecule has 1 saturated heterocycles. The molecule has 2 aromatic heterocycles. The fourth-order valence-electron chi connectivity index (χ4n) is 6.37. The van der Waals surface area contributed by atoms with E-state index in [0.29, 0.717) is 6.54 Å². The monoisotopic (exact) mass is 500 g/mol. The summed E-state index contributed by atoms with van der Waals surface area (Å²) in [6.45, 7) is 4.33. The van der Waals surface area contributed by atoms with Crippen LogP contribution in [0.25, 0.3) is 10.9 Å². The van der Waals surface area contributed by atoms with Gasteiger partial charge in [-0.05, 0) is 73.5 Å². The first-order chi connectivity index (χ1) is 18.1. The Balaban J connectivity index is 1.37. The number of pyridine rings is 1. The summed E-state index contributed by atoms with van der Waals surface area (Å²) in [7, 11) is 1.68. The molecule has 0 aliphatic carbocycles. The minimum atomic E-state index is -0.232. The van der Waals surface area contributed by atoms with Gasteiger partial charge in [-0.1, -0.05) is 18.2 Å². The number of aliphatic hydroxyl groups is 1. The highest BCUT2D eigenvalue weighted by molar-refractivity contribution is 5.87. The number of aromatic nitrogens is 2. The number of halogens is 1. The van der Waals surface area contributed by atoms with E-state index in [2.05, 4.69) is 38.0 Å². The molecule has 0 saturated carbocycles. The van der Waals surface area contributed by atoms with E-state index in [9.17, 15) is 9.50 Å². The zero-order valence-corrected chi connectivity index (χ0v) is 21.2. The average Bonchev–Trinajstić information content (AvgIpc) is 3.31. The summed E-state index contributed by atoms with van der Waals surface area (Å²) in [6.07, 6.45) is 3.89. The molecule has 2 aromatic carbocycles. The van der Waals surface area contributed by atoms with Gasteiger partial charge in [0.2, 0.25) is 0 Å². The van der Waals surface area contributed by atoms with Crippen molar-refractivity contribution in [2.45, 2.75) is 37.4 Å². The highest BCUT2D eigenvalue weighted by Gasteiger charge is 2.47. The maximum Gasteiger partial charge on any atom is 0.123 e. The molecule has 7 heteroatoms. The number of aromatic amines is 1. The van der Waals surface area contributed by atoms with Crippen LogP contribution in [-0.4, -0.2) is 58.2 Å². The normalized spacial score (nSPS) is 19.8. The molecule has 0 bridgehead atoms. The van der Waals surface area contributed by atoms with Gasteiger partial charge in [-0.25, -0.2) is 4.39 Å². The summed E-state index contributed by atoms with van der Waals surface area (Å²) < 4.78 is 19.1. The van der Waals surface area contributed by atoms with Crippen LogP contribution < -0.4 is 4.74 Å². The van der Waals surface area contributed by atoms with Crippen molar-refractivity contribution in [3.63, 3.8) is 0 Å². The van der Waals surface area contributed by atoms with Crippen LogP contribution in [0.3, 0.4) is 0 Å². The van der Waals surface area contributed by atoms with Gasteiger partial charge in [0, 0.05) is 53.9 Å². The molecule has 0 radical (unpaired) electrons. The quantitative estimate of drug-likeness (QED) is 0.399. The van der Waals surface area contributed by atoms with Gasteiger partial charge in [0.05, 0.1) is 25.5 Å². The molecule has 4 aromatic rings. The SMILES string of the molecule is COc1ccc2c3c([nH]c2c1)[C@@H](CO)N(Cc1ccc(F)cc1)CC31CCN(Cc2ccccn2)CC1. The number of nitrogens with one attached hydrogen (secondary N) is 1. The highest BCUT2D eigenvalue weighted by atomic mass is 19.1. The first-order valence-corrected chi connectivity index (χ1v) is 13.0. The number of hydrogen-bond acceptors (Lipinski definition) is 5. The smallest absolute Gasteiger partial charge is 0.123 e. The van der Waals surface area contributed by atoms with E-state index in [1.54, 1.807) is 7.11 Å². The molecule has 0 amide bonds. The number of ether oxygens (including phenoxy) is 1. The lowest BCUT2D eigenvalue weighted by Gasteiger charge is -2.50. The first-order valence-electron chi connectivity index (χ1n) is 13.0. The molecule has 6 nitrogen and oxygen atoms in total. The van der Waals surface area contributed by atoms with Crippen molar-refractivity contribution >= 4 is 10.9 Å². The summed E-state index contributed by atoms with van der Waals surface area (Å²) in [4.78, 5) is 13.1. The predicted octanol–water partition coefficient (Wildman–Crippen LogP) is 4.79. The first kappa shape index (κ1) is 24.1. The molecular formula is C30H33FN4O2. The Bertz CT molecular complexity index is 1360. The van der Waals surface area contributed by atoms with Crippen molar-refractivity contribution in [1.29, 1.82) is 0 Å². The van der Waals surface area contributed by atoms with E-state index in [1.807, 2.05) is 36.5 Å². The lowest BCUT2D eigenvalue weighted by atomic mass is 9.68. The molecule has 2 aliphatic heterocycles. The zero-order valence-electron chi connectivity index (χ0n) is 21.2. The van der Waals surface area contributed by atoms with Crippen molar-refractivity contribution in [3.8, 4) is 5.75 Å². The van der Waals surface area contributed by atoms with Crippen LogP contribution in [-0.2, 0) is 18.5 Å². The van der Waals surface area contributed by atoms with Gasteiger partial charge < -0.3 is 14.8 Å². The molecule has 1 spiro atoms. The van der Waals surface area contributed by atoms with Gasteiger partial charge in [-0.2, -0.15) is 0 Å². The summed E-state index contributed by atoms with van der Waals surface area (Å²) in [5.41, 5.74) is 5.58. The van der Waals surface area contributed by atoms with Crippen LogP contribution in [0.1, 0.15) is 41.4 Å². The third kappa shape index (κ3) is 4.52. The lowest BCUT2D eigenvalue weighted by Crippen LogP contribution is -2.53. The zero-order chi connectivity index (χ0) is 25.4. The number of nitrogens with zero attached hydrogens (tertiary/aromatic N) is 3. The van der Waals surface area contributed by atoms with E-state index in [-0.39, 0.29) is 23.9 Å². The van der Waals surface area contributed by atoms with E-state index in [1.165, 1.54) is 23.1 Å². The molecule has 4 heterocycles. The van der Waals surface area contributed by atoms with Crippen LogP contribution >= 0.6 is 0 Å². The van der Waals surface area contributed by atoms with Gasteiger partial charge in [-0.3, -0.25) is 14.8 Å². The van der Waals surface area contributed by atoms with E-state index in [0.717, 1.165) is 67.2 Å². The number of likely N-dealkylation sites (tertiary alicyclic amines) is 1. The van der Waals surface area contributed by atoms with Gasteiger partial charge in [0.15, 0.2) is 0 Å². The second kappa shape index (κ2) is 9.89. The molecule has 1 atom stereocenters. The number of H-pyrrole nitrogens is 1. The van der Waals surface area contributed by atoms with Crippen molar-refractivity contribution in [3.05, 3.63) is 95.2 Å². The summed E-state index contributed by atoms with van der Waals surface area (Å²) in [5.74, 6) is 0.582. The number of rotatable bonds is 6. The number of methoxy groups -OCH3 is 1. The van der Waals surface area contributed by atoms with Crippen molar-refractivity contribution in [2.24, 2.45) is 0 Å². The van der Waals surface area contributed by atoms with Crippen molar-refractivity contribution in [1.82, 2.24) is 19.8 Å². The number of aliphatic hydroxyl groups excluding tert-OH is 1. The number of benzene rings is 2. The molecule has 192 valence electrons. The Morgan fingerprint density at radius 2 is 1.89 bits per heavy atom. The second-order valence-electron chi connectivity index (χ2n) is 10.4. The molecule has 6 rings (SSSR count). The molecule has 0 unspecified atom stereocenters. The predicted molar refractivity (Wildman–Crippen MR) is 142 cm³/mol. The Kier molecular flexibility index (Phi) is 6.44. The van der Waals surface area contributed by atoms with Crippen molar-refractivity contribution in [2.75, 3.05) is 33.4 Å². The summed E-state index contributed by atoms with van der Waals surface area (Å²) in [5, 5.41) is 11.8. The fraction of sp³-hybridized carbons (Fsp3) is 0.367. The third-order valence-electron chi connectivity index (χ3n) is 8.24. The fourth-order valence-corrected chi connectivity index (χ4v) is 6.37. The molecule has 37 heavy (non-hydrogen) atoms. The minimum Gasteiger partial charge on any atom is -0.497 e. The average molecular weight is 501 g/mol. The van der Waals surface area contributed by atoms with Crippen molar-refractivity contribution < 1.29 is 14.2 Å². The van der Waals surface area contributed by atoms with Gasteiger partial charge >= 0.3 is 0 Å². The van der Waals surface area contributed by atoms with Gasteiger partial charge in [-0.15, -0.1) is 0 Å². The Labute approximate surface area is 216 Å². The molecule has 2 N–H and O–H groups in total. The van der Waals surface area contributed by atoms with Crippen LogP contribution in [0, 0.1) is 5.82 Å². The third-order valence-corrected chi connectivity index (χ3v) is 8.24. The van der Waals surface area contributed by atoms with Crippen LogP contribution in [0.15, 0.2) is 66.9 Å². The largest absolute Gasteiger partial charge is 0.497 e. The Morgan fingerprint density at radius 3 is 2.59 bits per heavy atom. The van der Waals surface area contributed by atoms with E-state index < -0.39 is 0 Å². The Morgan fingerprint density at radius 1 is 1.08 bits per heavy atom. The standard InChI is InChI=1S/C30H33FN4O2/c1-37-24-9-10-25-26(16-24)33-29-27(19-36)35(17-21-5-7-22(31)8-6-21)20-30(28(25)29)11-14-34(15-12-30)18-23-4-2-3-13-32-23/h2-10,13,16,27,33,36H,11-12,14-15,17-20H2,1H3/t27-/m1/s1. The van der Waals surface area contributed by atoms with E-state index >= 15 is 0 Å². The lowest BCUT2D eigenvalue weighted by molar-refractivity contribution is 0.0418. The number of fused-ring (bicyclic) bond motifs is 4. The van der Waals surface area contributed by atoms with Crippen LogP contribution in [0.5, 0.6) is 5.75 Å². The summed E-state index contributed by atoms with van der Waals surface area (Å²) >= 11 is 0. The van der Waals surface area contributed by atoms with Gasteiger partial charge in [0.25, 0.3) is 0 Å². The van der Waals surface area contributed by atoms with Crippen LogP contribution in [0.4, 0.5) is 4.39 Å². The van der Waals surface area contributed by atoms with E-state index in [4.69, 9.17) is 4.74 Å². The Hall–Kier alpha value is -3.26. The molecule has 2 aliphatic rings. The van der Waals surface area contributed by atoms with Crippen LogP contribution in [0.2, 0.25) is 0 Å². The summed E-state index contributed by atoms with van der Waals surface area (Å²) in [6, 6.07) is 18.9. The number of piperidine rings is 1. The molecule has 1 fully saturated rings. The minimum absolute atomic E-state index is 0.0139. The second-order valence-corrected chi connectivity index (χ2v) is 10.4. The molecular weight excluding hydrogens is 467 g/mol. The maximum atomic E-state index is 13.6. The maximum absolute atomic E-state index is 13.6. The topological polar surface area (TPSA) is 64.6 Å². The highest BCUT2D eigenvalue weighted by Crippen LogP contribution is 2.49. The van der Waals surface area contributed by atoms with Gasteiger partial charge in [0.1, 0.15) is 11.6 Å². The number of hydrogen-bond donors (Lipinski definition) is 2.